The molecule has 0 atom stereocenters. The maximum absolute atomic E-state index is 11.7. The molecule has 0 aliphatic carbocycles. The van der Waals surface area contributed by atoms with Gasteiger partial charge in [-0.3, -0.25) is 0 Å². The second-order valence-electron chi connectivity index (χ2n) is 3.07. The van der Waals surface area contributed by atoms with E-state index in [4.69, 9.17) is 0 Å². The van der Waals surface area contributed by atoms with Crippen LogP contribution in [0.1, 0.15) is 6.92 Å². The Bertz CT molecular complexity index is 438. The monoisotopic (exact) mass is 225 g/mol. The van der Waals surface area contributed by atoms with Crippen molar-refractivity contribution in [1.82, 2.24) is 0 Å². The van der Waals surface area contributed by atoms with Gasteiger partial charge in [-0.25, -0.2) is 8.42 Å². The summed E-state index contributed by atoms with van der Waals surface area (Å²) in [6.07, 6.45) is 1.69. The summed E-state index contributed by atoms with van der Waals surface area (Å²) in [5.74, 6) is 0.111. The van der Waals surface area contributed by atoms with Crippen LogP contribution in [0.4, 0.5) is 5.69 Å². The van der Waals surface area contributed by atoms with Gasteiger partial charge in [0.25, 0.3) is 0 Å². The maximum atomic E-state index is 11.7. The molecule has 0 spiro atoms. The smallest absolute Gasteiger partial charge is 0.180 e. The first kappa shape index (κ1) is 11.8. The number of hydrogen-bond donors (Lipinski definition) is 1. The topological polar surface area (TPSA) is 46.2 Å². The van der Waals surface area contributed by atoms with Gasteiger partial charge in [0.15, 0.2) is 9.84 Å². The Morgan fingerprint density at radius 3 is 2.67 bits per heavy atom. The Morgan fingerprint density at radius 1 is 1.40 bits per heavy atom. The highest BCUT2D eigenvalue weighted by molar-refractivity contribution is 7.91. The van der Waals surface area contributed by atoms with Gasteiger partial charge in [-0.15, -0.1) is 6.58 Å². The van der Waals surface area contributed by atoms with Crippen molar-refractivity contribution in [3.8, 4) is 0 Å². The minimum absolute atomic E-state index is 0.111. The van der Waals surface area contributed by atoms with Crippen LogP contribution in [0.5, 0.6) is 0 Å². The van der Waals surface area contributed by atoms with Crippen LogP contribution in [0.2, 0.25) is 0 Å². The molecular formula is C11H15NO2S. The number of nitrogens with one attached hydrogen (secondary N) is 1. The fraction of sp³-hybridized carbons (Fsp3) is 0.273. The van der Waals surface area contributed by atoms with E-state index in [1.165, 1.54) is 0 Å². The zero-order valence-electron chi connectivity index (χ0n) is 8.73. The van der Waals surface area contributed by atoms with Gasteiger partial charge in [0.2, 0.25) is 0 Å². The average Bonchev–Trinajstić information content (AvgIpc) is 2.26. The highest BCUT2D eigenvalue weighted by Crippen LogP contribution is 2.21. The van der Waals surface area contributed by atoms with Crippen LogP contribution < -0.4 is 5.32 Å². The summed E-state index contributed by atoms with van der Waals surface area (Å²) in [7, 11) is -3.16. The highest BCUT2D eigenvalue weighted by Gasteiger charge is 2.15. The maximum Gasteiger partial charge on any atom is 0.180 e. The van der Waals surface area contributed by atoms with Crippen molar-refractivity contribution in [2.24, 2.45) is 0 Å². The van der Waals surface area contributed by atoms with Crippen LogP contribution in [0.3, 0.4) is 0 Å². The molecule has 0 amide bonds. The number of para-hydroxylation sites is 1. The second-order valence-corrected chi connectivity index (χ2v) is 5.32. The van der Waals surface area contributed by atoms with E-state index >= 15 is 0 Å². The molecule has 0 aliphatic heterocycles. The molecule has 0 aliphatic rings. The summed E-state index contributed by atoms with van der Waals surface area (Å²) < 4.78 is 23.4. The fourth-order valence-electron chi connectivity index (χ4n) is 1.22. The number of anilines is 1. The van der Waals surface area contributed by atoms with Crippen molar-refractivity contribution < 1.29 is 8.42 Å². The standard InChI is InChI=1S/C11H15NO2S/c1-3-9-12-10-7-5-6-8-11(10)15(13,14)4-2/h3,5-8,12H,1,4,9H2,2H3. The Labute approximate surface area is 90.7 Å². The summed E-state index contributed by atoms with van der Waals surface area (Å²) >= 11 is 0. The molecule has 1 aromatic carbocycles. The van der Waals surface area contributed by atoms with Crippen molar-refractivity contribution >= 4 is 15.5 Å². The van der Waals surface area contributed by atoms with Gasteiger partial charge < -0.3 is 5.32 Å². The third kappa shape index (κ3) is 2.83. The van der Waals surface area contributed by atoms with Crippen LogP contribution in [0.25, 0.3) is 0 Å². The Balaban J connectivity index is 3.12. The first-order chi connectivity index (χ1) is 7.11. The summed E-state index contributed by atoms with van der Waals surface area (Å²) in [4.78, 5) is 0.356. The molecule has 3 nitrogen and oxygen atoms in total. The minimum Gasteiger partial charge on any atom is -0.381 e. The van der Waals surface area contributed by atoms with Crippen molar-refractivity contribution in [2.75, 3.05) is 17.6 Å². The predicted octanol–water partition coefficient (Wildman–Crippen LogP) is 2.08. The highest BCUT2D eigenvalue weighted by atomic mass is 32.2. The van der Waals surface area contributed by atoms with Gasteiger partial charge in [0.05, 0.1) is 16.3 Å². The number of hydrogen-bond acceptors (Lipinski definition) is 3. The molecule has 0 radical (unpaired) electrons. The minimum atomic E-state index is -3.16. The fourth-order valence-corrected chi connectivity index (χ4v) is 2.29. The third-order valence-electron chi connectivity index (χ3n) is 2.04. The zero-order chi connectivity index (χ0) is 11.3. The van der Waals surface area contributed by atoms with Gasteiger partial charge >= 0.3 is 0 Å². The molecule has 0 heterocycles. The van der Waals surface area contributed by atoms with Crippen molar-refractivity contribution in [1.29, 1.82) is 0 Å². The Hall–Kier alpha value is -1.29. The van der Waals surface area contributed by atoms with E-state index in [1.54, 1.807) is 37.3 Å². The van der Waals surface area contributed by atoms with E-state index in [0.717, 1.165) is 0 Å². The van der Waals surface area contributed by atoms with Gasteiger partial charge in [0, 0.05) is 6.54 Å². The van der Waals surface area contributed by atoms with E-state index in [-0.39, 0.29) is 5.75 Å². The third-order valence-corrected chi connectivity index (χ3v) is 3.83. The summed E-state index contributed by atoms with van der Waals surface area (Å²) in [5, 5.41) is 3.01. The number of rotatable bonds is 5. The first-order valence-electron chi connectivity index (χ1n) is 4.78. The van der Waals surface area contributed by atoms with Gasteiger partial charge in [-0.05, 0) is 12.1 Å². The molecule has 4 heteroatoms. The summed E-state index contributed by atoms with van der Waals surface area (Å²) in [5.41, 5.74) is 0.638. The molecule has 1 N–H and O–H groups in total. The van der Waals surface area contributed by atoms with Gasteiger partial charge in [-0.1, -0.05) is 25.1 Å². The lowest BCUT2D eigenvalue weighted by atomic mass is 10.3. The van der Waals surface area contributed by atoms with E-state index < -0.39 is 9.84 Å². The Kier molecular flexibility index (Phi) is 3.91. The van der Waals surface area contributed by atoms with E-state index in [0.29, 0.717) is 17.1 Å². The Morgan fingerprint density at radius 2 is 2.07 bits per heavy atom. The van der Waals surface area contributed by atoms with Crippen LogP contribution >= 0.6 is 0 Å². The second kappa shape index (κ2) is 4.98. The van der Waals surface area contributed by atoms with Gasteiger partial charge in [-0.2, -0.15) is 0 Å². The largest absolute Gasteiger partial charge is 0.381 e. The van der Waals surface area contributed by atoms with Crippen LogP contribution in [0.15, 0.2) is 41.8 Å². The molecule has 1 rings (SSSR count). The van der Waals surface area contributed by atoms with Crippen molar-refractivity contribution in [3.05, 3.63) is 36.9 Å². The van der Waals surface area contributed by atoms with Crippen molar-refractivity contribution in [3.63, 3.8) is 0 Å². The van der Waals surface area contributed by atoms with Gasteiger partial charge in [0.1, 0.15) is 0 Å². The molecule has 0 fully saturated rings. The summed E-state index contributed by atoms with van der Waals surface area (Å²) in [6, 6.07) is 6.90. The zero-order valence-corrected chi connectivity index (χ0v) is 9.55. The molecule has 15 heavy (non-hydrogen) atoms. The van der Waals surface area contributed by atoms with E-state index in [1.807, 2.05) is 0 Å². The lowest BCUT2D eigenvalue weighted by Gasteiger charge is -2.09. The molecule has 0 unspecified atom stereocenters. The molecule has 0 saturated carbocycles. The summed E-state index contributed by atoms with van der Waals surface area (Å²) in [6.45, 7) is 5.77. The van der Waals surface area contributed by atoms with E-state index in [2.05, 4.69) is 11.9 Å². The molecule has 82 valence electrons. The van der Waals surface area contributed by atoms with Crippen LogP contribution in [-0.4, -0.2) is 20.7 Å². The number of sulfone groups is 1. The van der Waals surface area contributed by atoms with Crippen LogP contribution in [0, 0.1) is 0 Å². The lowest BCUT2D eigenvalue weighted by molar-refractivity contribution is 0.597. The number of benzene rings is 1. The molecular weight excluding hydrogens is 210 g/mol. The lowest BCUT2D eigenvalue weighted by Crippen LogP contribution is -2.08. The first-order valence-corrected chi connectivity index (χ1v) is 6.43. The predicted molar refractivity (Wildman–Crippen MR) is 62.9 cm³/mol. The van der Waals surface area contributed by atoms with Crippen molar-refractivity contribution in [2.45, 2.75) is 11.8 Å². The molecule has 0 saturated heterocycles. The van der Waals surface area contributed by atoms with E-state index in [9.17, 15) is 8.42 Å². The SMILES string of the molecule is C=CCNc1ccccc1S(=O)(=O)CC. The van der Waals surface area contributed by atoms with Crippen LogP contribution in [-0.2, 0) is 9.84 Å². The molecule has 0 aromatic heterocycles. The average molecular weight is 225 g/mol. The normalized spacial score (nSPS) is 11.0. The molecule has 1 aromatic rings. The molecule has 0 bridgehead atoms. The quantitative estimate of drug-likeness (QED) is 0.780.